The number of unbranched alkanes of at least 4 members (excludes halogenated alkanes) is 1. The van der Waals surface area contributed by atoms with Crippen LogP contribution in [0.15, 0.2) is 10.9 Å². The minimum absolute atomic E-state index is 0.508. The zero-order valence-corrected chi connectivity index (χ0v) is 12.7. The molecule has 0 nitrogen and oxygen atoms in total. The summed E-state index contributed by atoms with van der Waals surface area (Å²) in [5.41, 5.74) is 2.68. The monoisotopic (exact) mass is 224 g/mol. The summed E-state index contributed by atoms with van der Waals surface area (Å²) in [4.78, 5) is 0. The Morgan fingerprint density at radius 1 is 1.00 bits per heavy atom. The van der Waals surface area contributed by atoms with Gasteiger partial charge in [-0.05, 0) is 16.5 Å². The molecule has 88 valence electrons. The number of rotatable bonds is 3. The molecule has 0 aliphatic carbocycles. The zero-order valence-electron chi connectivity index (χ0n) is 11.7. The fourth-order valence-electron chi connectivity index (χ4n) is 3.38. The van der Waals surface area contributed by atoms with Gasteiger partial charge in [-0.1, -0.05) is 72.2 Å². The molecule has 0 bridgehead atoms. The van der Waals surface area contributed by atoms with Crippen LogP contribution in [0.1, 0.15) is 67.7 Å². The second-order valence-corrected chi connectivity index (χ2v) is 12.6. The van der Waals surface area contributed by atoms with Crippen molar-refractivity contribution in [2.45, 2.75) is 77.8 Å². The molecule has 0 fully saturated rings. The Kier molecular flexibility index (Phi) is 3.27. The van der Waals surface area contributed by atoms with Gasteiger partial charge < -0.3 is 0 Å². The minimum atomic E-state index is -1.23. The van der Waals surface area contributed by atoms with Gasteiger partial charge >= 0.3 is 0 Å². The Morgan fingerprint density at radius 3 is 1.73 bits per heavy atom. The molecular weight excluding hydrogens is 196 g/mol. The van der Waals surface area contributed by atoms with Crippen molar-refractivity contribution in [3.8, 4) is 0 Å². The maximum Gasteiger partial charge on any atom is 0.115 e. The van der Waals surface area contributed by atoms with E-state index in [2.05, 4.69) is 54.2 Å². The predicted octanol–water partition coefficient (Wildman–Crippen LogP) is 5.24. The molecular formula is C14H28Si. The second-order valence-electron chi connectivity index (χ2n) is 7.08. The third-order valence-corrected chi connectivity index (χ3v) is 10.6. The summed E-state index contributed by atoms with van der Waals surface area (Å²) < 4.78 is 0. The molecule has 0 saturated carbocycles. The van der Waals surface area contributed by atoms with Crippen molar-refractivity contribution in [1.82, 2.24) is 0 Å². The topological polar surface area (TPSA) is 0 Å². The van der Waals surface area contributed by atoms with Gasteiger partial charge in [0.1, 0.15) is 8.07 Å². The lowest BCUT2D eigenvalue weighted by atomic mass is 10.2. The van der Waals surface area contributed by atoms with E-state index in [0.29, 0.717) is 10.1 Å². The standard InChI is InChI=1S/C14H28Si/c1-8-9-10-12-11-15(12,13(2,3)4)14(5,6)7/h11H,8-10H2,1-7H3. The van der Waals surface area contributed by atoms with Crippen LogP contribution in [0.25, 0.3) is 0 Å². The van der Waals surface area contributed by atoms with Gasteiger partial charge in [-0.3, -0.25) is 0 Å². The third-order valence-electron chi connectivity index (χ3n) is 3.98. The normalized spacial score (nSPS) is 20.1. The number of allylic oxidation sites excluding steroid dienone is 1. The smallest absolute Gasteiger partial charge is 0.0936 e. The highest BCUT2D eigenvalue weighted by molar-refractivity contribution is 7.04. The van der Waals surface area contributed by atoms with E-state index in [0.717, 1.165) is 0 Å². The first-order chi connectivity index (χ1) is 6.67. The van der Waals surface area contributed by atoms with Gasteiger partial charge in [-0.25, -0.2) is 0 Å². The Bertz CT molecular complexity index is 246. The fraction of sp³-hybridized carbons (Fsp3) is 0.857. The lowest BCUT2D eigenvalue weighted by molar-refractivity contribution is 0.637. The SMILES string of the molecule is CCCCC1=C[Si]1(C(C)(C)C)C(C)(C)C. The molecule has 1 aliphatic heterocycles. The molecule has 0 aromatic rings. The van der Waals surface area contributed by atoms with E-state index in [1.807, 2.05) is 5.20 Å². The molecule has 15 heavy (non-hydrogen) atoms. The maximum absolute atomic E-state index is 2.68. The third kappa shape index (κ3) is 2.08. The van der Waals surface area contributed by atoms with E-state index in [4.69, 9.17) is 0 Å². The molecule has 1 aliphatic rings. The van der Waals surface area contributed by atoms with E-state index >= 15 is 0 Å². The van der Waals surface area contributed by atoms with Crippen LogP contribution in [-0.2, 0) is 0 Å². The first kappa shape index (κ1) is 13.0. The van der Waals surface area contributed by atoms with E-state index < -0.39 is 8.07 Å². The van der Waals surface area contributed by atoms with Crippen molar-refractivity contribution in [3.05, 3.63) is 10.9 Å². The van der Waals surface area contributed by atoms with Crippen LogP contribution in [0.4, 0.5) is 0 Å². The molecule has 1 heterocycles. The summed E-state index contributed by atoms with van der Waals surface area (Å²) >= 11 is 0. The van der Waals surface area contributed by atoms with Gasteiger partial charge in [0.15, 0.2) is 0 Å². The predicted molar refractivity (Wildman–Crippen MR) is 72.8 cm³/mol. The Morgan fingerprint density at radius 2 is 1.47 bits per heavy atom. The van der Waals surface area contributed by atoms with Crippen LogP contribution in [-0.4, -0.2) is 8.07 Å². The summed E-state index contributed by atoms with van der Waals surface area (Å²) in [5.74, 6) is 0. The molecule has 0 N–H and O–H groups in total. The number of hydrogen-bond acceptors (Lipinski definition) is 0. The molecule has 0 spiro atoms. The molecule has 0 radical (unpaired) electrons. The molecule has 1 heteroatoms. The highest BCUT2D eigenvalue weighted by Crippen LogP contribution is 2.63. The fourth-order valence-corrected chi connectivity index (χ4v) is 10.0. The van der Waals surface area contributed by atoms with Gasteiger partial charge in [0.25, 0.3) is 0 Å². The van der Waals surface area contributed by atoms with Crippen LogP contribution in [0.2, 0.25) is 10.1 Å². The van der Waals surface area contributed by atoms with Crippen molar-refractivity contribution < 1.29 is 0 Å². The molecule has 1 rings (SSSR count). The number of hydrogen-bond donors (Lipinski definition) is 0. The Hall–Kier alpha value is -0.0431. The van der Waals surface area contributed by atoms with Gasteiger partial charge in [0, 0.05) is 0 Å². The van der Waals surface area contributed by atoms with Crippen molar-refractivity contribution >= 4 is 8.07 Å². The molecule has 0 saturated heterocycles. The van der Waals surface area contributed by atoms with Gasteiger partial charge in [0.05, 0.1) is 0 Å². The zero-order chi connectivity index (χ0) is 11.9. The van der Waals surface area contributed by atoms with Crippen LogP contribution >= 0.6 is 0 Å². The van der Waals surface area contributed by atoms with E-state index in [1.54, 1.807) is 0 Å². The summed E-state index contributed by atoms with van der Waals surface area (Å²) in [6.45, 7) is 17.0. The van der Waals surface area contributed by atoms with E-state index in [9.17, 15) is 0 Å². The average Bonchev–Trinajstić information content (AvgIpc) is 2.73. The summed E-state index contributed by atoms with van der Waals surface area (Å²) in [5, 5.41) is 2.87. The van der Waals surface area contributed by atoms with E-state index in [1.165, 1.54) is 19.3 Å². The van der Waals surface area contributed by atoms with Crippen molar-refractivity contribution in [3.63, 3.8) is 0 Å². The van der Waals surface area contributed by atoms with Gasteiger partial charge in [-0.15, -0.1) is 0 Å². The molecule has 0 unspecified atom stereocenters. The van der Waals surface area contributed by atoms with Crippen molar-refractivity contribution in [1.29, 1.82) is 0 Å². The average molecular weight is 224 g/mol. The van der Waals surface area contributed by atoms with Gasteiger partial charge in [0.2, 0.25) is 0 Å². The first-order valence-electron chi connectivity index (χ1n) is 6.39. The Balaban J connectivity index is 2.80. The quantitative estimate of drug-likeness (QED) is 0.575. The summed E-state index contributed by atoms with van der Waals surface area (Å²) in [6.07, 6.45) is 4.08. The van der Waals surface area contributed by atoms with Crippen LogP contribution in [0, 0.1) is 0 Å². The lowest BCUT2D eigenvalue weighted by Crippen LogP contribution is -2.42. The van der Waals surface area contributed by atoms with Crippen LogP contribution in [0.5, 0.6) is 0 Å². The summed E-state index contributed by atoms with van der Waals surface area (Å²) in [7, 11) is -1.23. The second kappa shape index (κ2) is 3.76. The lowest BCUT2D eigenvalue weighted by Gasteiger charge is -2.42. The van der Waals surface area contributed by atoms with Crippen molar-refractivity contribution in [2.24, 2.45) is 0 Å². The first-order valence-corrected chi connectivity index (χ1v) is 8.47. The minimum Gasteiger partial charge on any atom is -0.0936 e. The molecule has 0 atom stereocenters. The van der Waals surface area contributed by atoms with Gasteiger partial charge in [-0.2, -0.15) is 0 Å². The van der Waals surface area contributed by atoms with E-state index in [-0.39, 0.29) is 0 Å². The summed E-state index contributed by atoms with van der Waals surface area (Å²) in [6, 6.07) is 0. The van der Waals surface area contributed by atoms with Crippen LogP contribution < -0.4 is 0 Å². The molecule has 0 amide bonds. The highest BCUT2D eigenvalue weighted by Gasteiger charge is 2.60. The van der Waals surface area contributed by atoms with Crippen LogP contribution in [0.3, 0.4) is 0 Å². The molecule has 0 aromatic carbocycles. The molecule has 0 aromatic heterocycles. The van der Waals surface area contributed by atoms with Crippen molar-refractivity contribution in [2.75, 3.05) is 0 Å². The highest BCUT2D eigenvalue weighted by atomic mass is 28.3. The maximum atomic E-state index is 2.68. The largest absolute Gasteiger partial charge is 0.115 e. The Labute approximate surface area is 97.2 Å².